The van der Waals surface area contributed by atoms with Crippen molar-refractivity contribution in [1.29, 1.82) is 0 Å². The van der Waals surface area contributed by atoms with Crippen molar-refractivity contribution in [1.82, 2.24) is 10.2 Å². The molecule has 2 unspecified atom stereocenters. The van der Waals surface area contributed by atoms with Crippen molar-refractivity contribution in [2.75, 3.05) is 7.11 Å². The minimum Gasteiger partial charge on any atom is -0.497 e. The molecule has 4 rings (SSSR count). The number of fused-ring (bicyclic) bond motifs is 1. The summed E-state index contributed by atoms with van der Waals surface area (Å²) in [7, 11) is 1.63. The van der Waals surface area contributed by atoms with Crippen LogP contribution >= 0.6 is 0 Å². The number of ether oxygens (including phenoxy) is 1. The predicted octanol–water partition coefficient (Wildman–Crippen LogP) is 3.66. The first kappa shape index (κ1) is 18.5. The minimum absolute atomic E-state index is 0.0134. The number of nitrogens with zero attached hydrogens (tertiary/aromatic N) is 1. The molecule has 1 aliphatic heterocycles. The molecule has 0 saturated heterocycles. The second kappa shape index (κ2) is 7.30. The lowest BCUT2D eigenvalue weighted by atomic mass is 9.79. The number of benzene rings is 2. The number of hydrogen-bond donors (Lipinski definition) is 1. The molecule has 1 aliphatic carbocycles. The molecule has 1 saturated carbocycles. The monoisotopic (exact) mass is 378 g/mol. The van der Waals surface area contributed by atoms with Gasteiger partial charge in [0, 0.05) is 17.6 Å². The van der Waals surface area contributed by atoms with Crippen LogP contribution in [0.4, 0.5) is 0 Å². The van der Waals surface area contributed by atoms with Crippen LogP contribution in [-0.2, 0) is 4.79 Å². The van der Waals surface area contributed by atoms with Crippen molar-refractivity contribution in [3.05, 3.63) is 65.2 Å². The van der Waals surface area contributed by atoms with Gasteiger partial charge in [0.1, 0.15) is 5.75 Å². The first-order chi connectivity index (χ1) is 13.5. The Bertz CT molecular complexity index is 904. The molecular weight excluding hydrogens is 352 g/mol. The van der Waals surface area contributed by atoms with Crippen LogP contribution in [0.25, 0.3) is 0 Å². The third-order valence-electron chi connectivity index (χ3n) is 5.47. The summed E-state index contributed by atoms with van der Waals surface area (Å²) in [4.78, 5) is 28.6. The molecule has 2 amide bonds. The number of methoxy groups -OCH3 is 1. The molecule has 0 spiro atoms. The summed E-state index contributed by atoms with van der Waals surface area (Å²) in [5, 5.41) is 3.07. The molecule has 5 heteroatoms. The maximum Gasteiger partial charge on any atom is 0.254 e. The SMILES string of the molecule is COc1cccc(C2C(C(=O)NC(C)C)c3ccccc3C(=O)N2C2CC2)c1. The van der Waals surface area contributed by atoms with Crippen molar-refractivity contribution in [3.63, 3.8) is 0 Å². The van der Waals surface area contributed by atoms with Gasteiger partial charge in [0.25, 0.3) is 5.91 Å². The zero-order valence-corrected chi connectivity index (χ0v) is 16.5. The summed E-state index contributed by atoms with van der Waals surface area (Å²) in [6.45, 7) is 3.91. The van der Waals surface area contributed by atoms with Gasteiger partial charge < -0.3 is 15.0 Å². The highest BCUT2D eigenvalue weighted by molar-refractivity contribution is 6.01. The van der Waals surface area contributed by atoms with E-state index >= 15 is 0 Å². The quantitative estimate of drug-likeness (QED) is 0.864. The van der Waals surface area contributed by atoms with E-state index in [-0.39, 0.29) is 29.9 Å². The van der Waals surface area contributed by atoms with Crippen molar-refractivity contribution in [2.24, 2.45) is 0 Å². The third-order valence-corrected chi connectivity index (χ3v) is 5.47. The Morgan fingerprint density at radius 1 is 1.14 bits per heavy atom. The fourth-order valence-electron chi connectivity index (χ4n) is 4.14. The lowest BCUT2D eigenvalue weighted by Gasteiger charge is -2.42. The zero-order valence-electron chi connectivity index (χ0n) is 16.5. The lowest BCUT2D eigenvalue weighted by Crippen LogP contribution is -2.49. The van der Waals surface area contributed by atoms with Crippen LogP contribution < -0.4 is 10.1 Å². The van der Waals surface area contributed by atoms with Crippen LogP contribution in [0.15, 0.2) is 48.5 Å². The Labute approximate surface area is 165 Å². The summed E-state index contributed by atoms with van der Waals surface area (Å²) < 4.78 is 5.41. The molecule has 0 radical (unpaired) electrons. The van der Waals surface area contributed by atoms with E-state index in [1.165, 1.54) is 0 Å². The molecule has 2 aromatic carbocycles. The van der Waals surface area contributed by atoms with Gasteiger partial charge in [0.15, 0.2) is 0 Å². The summed E-state index contributed by atoms with van der Waals surface area (Å²) in [6, 6.07) is 15.1. The highest BCUT2D eigenvalue weighted by Gasteiger charge is 2.49. The lowest BCUT2D eigenvalue weighted by molar-refractivity contribution is -0.124. The number of nitrogens with one attached hydrogen (secondary N) is 1. The van der Waals surface area contributed by atoms with Gasteiger partial charge in [-0.15, -0.1) is 0 Å². The summed E-state index contributed by atoms with van der Waals surface area (Å²) in [5.74, 6) is 0.236. The number of carbonyl (C=O) groups is 2. The van der Waals surface area contributed by atoms with Gasteiger partial charge in [-0.2, -0.15) is 0 Å². The van der Waals surface area contributed by atoms with E-state index < -0.39 is 5.92 Å². The van der Waals surface area contributed by atoms with Gasteiger partial charge in [0.05, 0.1) is 19.1 Å². The number of rotatable bonds is 5. The topological polar surface area (TPSA) is 58.6 Å². The largest absolute Gasteiger partial charge is 0.497 e. The number of hydrogen-bond acceptors (Lipinski definition) is 3. The van der Waals surface area contributed by atoms with E-state index in [0.717, 1.165) is 29.7 Å². The second-order valence-corrected chi connectivity index (χ2v) is 7.89. The van der Waals surface area contributed by atoms with Gasteiger partial charge in [-0.3, -0.25) is 9.59 Å². The summed E-state index contributed by atoms with van der Waals surface area (Å²) >= 11 is 0. The van der Waals surface area contributed by atoms with Crippen LogP contribution in [0.5, 0.6) is 5.75 Å². The average Bonchev–Trinajstić information content (AvgIpc) is 3.52. The van der Waals surface area contributed by atoms with Gasteiger partial charge in [-0.1, -0.05) is 30.3 Å². The highest BCUT2D eigenvalue weighted by atomic mass is 16.5. The van der Waals surface area contributed by atoms with Gasteiger partial charge >= 0.3 is 0 Å². The minimum atomic E-state index is -0.455. The molecule has 146 valence electrons. The van der Waals surface area contributed by atoms with E-state index in [9.17, 15) is 9.59 Å². The first-order valence-electron chi connectivity index (χ1n) is 9.87. The predicted molar refractivity (Wildman–Crippen MR) is 107 cm³/mol. The van der Waals surface area contributed by atoms with Crippen molar-refractivity contribution < 1.29 is 14.3 Å². The van der Waals surface area contributed by atoms with E-state index in [4.69, 9.17) is 4.74 Å². The Morgan fingerprint density at radius 2 is 1.89 bits per heavy atom. The number of amides is 2. The van der Waals surface area contributed by atoms with Crippen LogP contribution in [-0.4, -0.2) is 35.9 Å². The van der Waals surface area contributed by atoms with Gasteiger partial charge in [-0.25, -0.2) is 0 Å². The third kappa shape index (κ3) is 3.26. The molecular formula is C23H26N2O3. The molecule has 1 heterocycles. The molecule has 1 fully saturated rings. The zero-order chi connectivity index (χ0) is 19.8. The smallest absolute Gasteiger partial charge is 0.254 e. The first-order valence-corrected chi connectivity index (χ1v) is 9.87. The standard InChI is InChI=1S/C23H26N2O3/c1-14(2)24-22(26)20-18-9-4-5-10-19(18)23(27)25(16-11-12-16)21(20)15-7-6-8-17(13-15)28-3/h4-10,13-14,16,20-21H,11-12H2,1-3H3,(H,24,26). The molecule has 2 aliphatic rings. The summed E-state index contributed by atoms with van der Waals surface area (Å²) in [6.07, 6.45) is 1.96. The molecule has 5 nitrogen and oxygen atoms in total. The Balaban J connectivity index is 1.89. The Hall–Kier alpha value is -2.82. The van der Waals surface area contributed by atoms with Crippen LogP contribution in [0, 0.1) is 0 Å². The fourth-order valence-corrected chi connectivity index (χ4v) is 4.14. The molecule has 1 N–H and O–H groups in total. The van der Waals surface area contributed by atoms with E-state index in [1.807, 2.05) is 67.3 Å². The van der Waals surface area contributed by atoms with Crippen molar-refractivity contribution in [2.45, 2.75) is 50.7 Å². The number of carbonyl (C=O) groups excluding carboxylic acids is 2. The van der Waals surface area contributed by atoms with Gasteiger partial charge in [0.2, 0.25) is 5.91 Å². The van der Waals surface area contributed by atoms with Crippen LogP contribution in [0.3, 0.4) is 0 Å². The van der Waals surface area contributed by atoms with Crippen LogP contribution in [0.2, 0.25) is 0 Å². The molecule has 2 atom stereocenters. The molecule has 2 aromatic rings. The second-order valence-electron chi connectivity index (χ2n) is 7.89. The van der Waals surface area contributed by atoms with E-state index in [0.29, 0.717) is 5.56 Å². The van der Waals surface area contributed by atoms with Gasteiger partial charge in [-0.05, 0) is 56.0 Å². The Kier molecular flexibility index (Phi) is 4.84. The van der Waals surface area contributed by atoms with E-state index in [1.54, 1.807) is 7.11 Å². The van der Waals surface area contributed by atoms with Crippen molar-refractivity contribution in [3.8, 4) is 5.75 Å². The average molecular weight is 378 g/mol. The summed E-state index contributed by atoms with van der Waals surface area (Å²) in [5.41, 5.74) is 2.37. The maximum absolute atomic E-state index is 13.4. The molecule has 0 bridgehead atoms. The molecule has 0 aromatic heterocycles. The molecule has 28 heavy (non-hydrogen) atoms. The normalized spacial score (nSPS) is 21.4. The maximum atomic E-state index is 13.4. The van der Waals surface area contributed by atoms with E-state index in [2.05, 4.69) is 5.32 Å². The Morgan fingerprint density at radius 3 is 2.57 bits per heavy atom. The fraction of sp³-hybridized carbons (Fsp3) is 0.391. The highest BCUT2D eigenvalue weighted by Crippen LogP contribution is 2.48. The van der Waals surface area contributed by atoms with Crippen molar-refractivity contribution >= 4 is 11.8 Å². The van der Waals surface area contributed by atoms with Crippen LogP contribution in [0.1, 0.15) is 60.1 Å².